The van der Waals surface area contributed by atoms with E-state index in [1.54, 1.807) is 21.9 Å². The fourth-order valence-corrected chi connectivity index (χ4v) is 4.31. The van der Waals surface area contributed by atoms with Crippen molar-refractivity contribution in [3.05, 3.63) is 65.2 Å². The number of nitrogens with zero attached hydrogens (tertiary/aromatic N) is 3. The lowest BCUT2D eigenvalue weighted by Crippen LogP contribution is -2.50. The van der Waals surface area contributed by atoms with Crippen LogP contribution in [0.4, 0.5) is 0 Å². The monoisotopic (exact) mass is 429 g/mol. The van der Waals surface area contributed by atoms with Gasteiger partial charge in [0.2, 0.25) is 10.0 Å². The van der Waals surface area contributed by atoms with Crippen molar-refractivity contribution in [3.63, 3.8) is 0 Å². The Morgan fingerprint density at radius 1 is 0.867 bits per heavy atom. The van der Waals surface area contributed by atoms with Gasteiger partial charge in [-0.2, -0.15) is 0 Å². The van der Waals surface area contributed by atoms with E-state index in [9.17, 15) is 18.0 Å². The number of carbonyl (C=O) groups excluding carboxylic acids is 2. The average molecular weight is 430 g/mol. The van der Waals surface area contributed by atoms with Crippen molar-refractivity contribution in [2.75, 3.05) is 40.3 Å². The van der Waals surface area contributed by atoms with Gasteiger partial charge in [-0.3, -0.25) is 9.59 Å². The van der Waals surface area contributed by atoms with Crippen molar-refractivity contribution < 1.29 is 18.0 Å². The molecule has 1 aliphatic rings. The van der Waals surface area contributed by atoms with E-state index < -0.39 is 10.0 Å². The average Bonchev–Trinajstić information content (AvgIpc) is 2.78. The van der Waals surface area contributed by atoms with E-state index >= 15 is 0 Å². The highest BCUT2D eigenvalue weighted by molar-refractivity contribution is 7.89. The smallest absolute Gasteiger partial charge is 0.254 e. The zero-order chi connectivity index (χ0) is 21.9. The highest BCUT2D eigenvalue weighted by atomic mass is 32.2. The van der Waals surface area contributed by atoms with E-state index in [1.807, 2.05) is 24.3 Å². The predicted octanol–water partition coefficient (Wildman–Crippen LogP) is 2.10. The minimum atomic E-state index is -3.61. The van der Waals surface area contributed by atoms with Crippen LogP contribution in [0.5, 0.6) is 0 Å². The first-order valence-corrected chi connectivity index (χ1v) is 11.4. The van der Waals surface area contributed by atoms with Crippen molar-refractivity contribution in [2.45, 2.75) is 18.2 Å². The first-order chi connectivity index (χ1) is 14.2. The van der Waals surface area contributed by atoms with E-state index in [-0.39, 0.29) is 16.7 Å². The number of piperazine rings is 1. The maximum absolute atomic E-state index is 12.9. The fraction of sp³-hybridized carbons (Fsp3) is 0.364. The first kappa shape index (κ1) is 22.0. The van der Waals surface area contributed by atoms with Crippen molar-refractivity contribution in [3.8, 4) is 0 Å². The van der Waals surface area contributed by atoms with Crippen molar-refractivity contribution in [1.29, 1.82) is 0 Å². The van der Waals surface area contributed by atoms with Crippen LogP contribution in [-0.2, 0) is 16.4 Å². The van der Waals surface area contributed by atoms with Gasteiger partial charge in [0, 0.05) is 51.4 Å². The molecule has 1 fully saturated rings. The van der Waals surface area contributed by atoms with Gasteiger partial charge in [0.05, 0.1) is 4.90 Å². The SMILES string of the molecule is CCc1ccc(C(=O)N2CCN(C(=O)c3cccc(S(=O)(=O)N(C)C)c3)CC2)cc1. The largest absolute Gasteiger partial charge is 0.335 e. The molecule has 0 N–H and O–H groups in total. The summed E-state index contributed by atoms with van der Waals surface area (Å²) in [6.45, 7) is 3.76. The third kappa shape index (κ3) is 4.55. The topological polar surface area (TPSA) is 78.0 Å². The lowest BCUT2D eigenvalue weighted by atomic mass is 10.1. The zero-order valence-electron chi connectivity index (χ0n) is 17.5. The molecule has 1 aliphatic heterocycles. The van der Waals surface area contributed by atoms with E-state index in [1.165, 1.54) is 31.8 Å². The Kier molecular flexibility index (Phi) is 6.58. The molecule has 160 valence electrons. The van der Waals surface area contributed by atoms with Gasteiger partial charge >= 0.3 is 0 Å². The van der Waals surface area contributed by atoms with Crippen LogP contribution in [0.25, 0.3) is 0 Å². The molecule has 0 saturated carbocycles. The Balaban J connectivity index is 1.66. The standard InChI is InChI=1S/C22H27N3O4S/c1-4-17-8-10-18(11-9-17)21(26)24-12-14-25(15-13-24)22(27)19-6-5-7-20(16-19)30(28,29)23(2)3/h5-11,16H,4,12-15H2,1-3H3. The Labute approximate surface area is 177 Å². The quantitative estimate of drug-likeness (QED) is 0.729. The highest BCUT2D eigenvalue weighted by Gasteiger charge is 2.26. The van der Waals surface area contributed by atoms with Gasteiger partial charge in [0.1, 0.15) is 0 Å². The summed E-state index contributed by atoms with van der Waals surface area (Å²) in [5.74, 6) is -0.269. The molecule has 0 aliphatic carbocycles. The summed E-state index contributed by atoms with van der Waals surface area (Å²) in [4.78, 5) is 29.1. The third-order valence-electron chi connectivity index (χ3n) is 5.32. The summed E-state index contributed by atoms with van der Waals surface area (Å²) in [7, 11) is -0.701. The molecular weight excluding hydrogens is 402 g/mol. The summed E-state index contributed by atoms with van der Waals surface area (Å²) >= 11 is 0. The second-order valence-corrected chi connectivity index (χ2v) is 9.60. The Morgan fingerprint density at radius 3 is 1.90 bits per heavy atom. The molecule has 0 atom stereocenters. The van der Waals surface area contributed by atoms with Crippen LogP contribution >= 0.6 is 0 Å². The van der Waals surface area contributed by atoms with E-state index in [0.29, 0.717) is 37.3 Å². The van der Waals surface area contributed by atoms with Crippen LogP contribution in [0.15, 0.2) is 53.4 Å². The number of hydrogen-bond donors (Lipinski definition) is 0. The summed E-state index contributed by atoms with van der Waals surface area (Å²) in [6, 6.07) is 13.7. The van der Waals surface area contributed by atoms with Crippen LogP contribution in [-0.4, -0.2) is 74.6 Å². The number of aryl methyl sites for hydroxylation is 1. The molecule has 0 bridgehead atoms. The predicted molar refractivity (Wildman–Crippen MR) is 115 cm³/mol. The second-order valence-electron chi connectivity index (χ2n) is 7.45. The molecule has 0 radical (unpaired) electrons. The zero-order valence-corrected chi connectivity index (χ0v) is 18.4. The number of sulfonamides is 1. The molecule has 1 heterocycles. The maximum atomic E-state index is 12.9. The Hall–Kier alpha value is -2.71. The molecule has 7 nitrogen and oxygen atoms in total. The van der Waals surface area contributed by atoms with Crippen molar-refractivity contribution >= 4 is 21.8 Å². The summed E-state index contributed by atoms with van der Waals surface area (Å²) < 4.78 is 25.8. The minimum absolute atomic E-state index is 0.0381. The summed E-state index contributed by atoms with van der Waals surface area (Å²) in [5, 5.41) is 0. The molecule has 1 saturated heterocycles. The van der Waals surface area contributed by atoms with Crippen LogP contribution in [0.3, 0.4) is 0 Å². The molecule has 30 heavy (non-hydrogen) atoms. The number of amides is 2. The minimum Gasteiger partial charge on any atom is -0.335 e. The number of hydrogen-bond acceptors (Lipinski definition) is 4. The molecule has 0 aromatic heterocycles. The van der Waals surface area contributed by atoms with Crippen molar-refractivity contribution in [2.24, 2.45) is 0 Å². The molecule has 0 spiro atoms. The number of carbonyl (C=O) groups is 2. The Bertz CT molecular complexity index is 1020. The van der Waals surface area contributed by atoms with Crippen LogP contribution in [0.1, 0.15) is 33.2 Å². The van der Waals surface area contributed by atoms with E-state index in [2.05, 4.69) is 6.92 Å². The molecule has 0 unspecified atom stereocenters. The molecule has 2 aromatic carbocycles. The van der Waals surface area contributed by atoms with Crippen LogP contribution in [0.2, 0.25) is 0 Å². The summed E-state index contributed by atoms with van der Waals surface area (Å²) in [6.07, 6.45) is 0.923. The third-order valence-corrected chi connectivity index (χ3v) is 7.13. The Morgan fingerprint density at radius 2 is 1.40 bits per heavy atom. The van der Waals surface area contributed by atoms with Gasteiger partial charge in [-0.05, 0) is 42.3 Å². The van der Waals surface area contributed by atoms with Gasteiger partial charge in [0.25, 0.3) is 11.8 Å². The van der Waals surface area contributed by atoms with Gasteiger partial charge in [-0.25, -0.2) is 12.7 Å². The number of rotatable bonds is 5. The molecule has 3 rings (SSSR count). The number of benzene rings is 2. The molecular formula is C22H27N3O4S. The lowest BCUT2D eigenvalue weighted by Gasteiger charge is -2.35. The molecule has 2 aromatic rings. The second kappa shape index (κ2) is 8.97. The lowest BCUT2D eigenvalue weighted by molar-refractivity contribution is 0.0535. The van der Waals surface area contributed by atoms with E-state index in [4.69, 9.17) is 0 Å². The highest BCUT2D eigenvalue weighted by Crippen LogP contribution is 2.18. The van der Waals surface area contributed by atoms with Crippen LogP contribution in [0, 0.1) is 0 Å². The normalized spacial score (nSPS) is 14.8. The maximum Gasteiger partial charge on any atom is 0.254 e. The van der Waals surface area contributed by atoms with Crippen LogP contribution < -0.4 is 0 Å². The van der Waals surface area contributed by atoms with Crippen molar-refractivity contribution in [1.82, 2.24) is 14.1 Å². The first-order valence-electron chi connectivity index (χ1n) is 9.94. The van der Waals surface area contributed by atoms with Gasteiger partial charge in [-0.15, -0.1) is 0 Å². The summed E-state index contributed by atoms with van der Waals surface area (Å²) in [5.41, 5.74) is 2.15. The molecule has 8 heteroatoms. The fourth-order valence-electron chi connectivity index (χ4n) is 3.36. The van der Waals surface area contributed by atoms with Gasteiger partial charge in [0.15, 0.2) is 0 Å². The molecule has 2 amide bonds. The van der Waals surface area contributed by atoms with E-state index in [0.717, 1.165) is 10.7 Å². The van der Waals surface area contributed by atoms with Gasteiger partial charge < -0.3 is 9.80 Å². The van der Waals surface area contributed by atoms with Gasteiger partial charge in [-0.1, -0.05) is 25.1 Å².